The molecular formula is C29H34F3NO5. The molecule has 0 bridgehead atoms. The van der Waals surface area contributed by atoms with Gasteiger partial charge in [0.1, 0.15) is 12.2 Å². The third kappa shape index (κ3) is 4.18. The highest BCUT2D eigenvalue weighted by Crippen LogP contribution is 2.59. The van der Waals surface area contributed by atoms with Crippen LogP contribution in [0, 0.1) is 5.41 Å². The first-order valence-corrected chi connectivity index (χ1v) is 13.5. The van der Waals surface area contributed by atoms with Crippen LogP contribution in [0.2, 0.25) is 0 Å². The van der Waals surface area contributed by atoms with Crippen molar-refractivity contribution in [3.8, 4) is 0 Å². The number of fused-ring (bicyclic) bond motifs is 4. The first-order valence-electron chi connectivity index (χ1n) is 13.5. The minimum atomic E-state index is -4.43. The van der Waals surface area contributed by atoms with Gasteiger partial charge < -0.3 is 24.4 Å². The van der Waals surface area contributed by atoms with Gasteiger partial charge in [-0.2, -0.15) is 13.2 Å². The van der Waals surface area contributed by atoms with Crippen molar-refractivity contribution in [2.24, 2.45) is 5.41 Å². The van der Waals surface area contributed by atoms with E-state index < -0.39 is 41.1 Å². The normalized spacial score (nSPS) is 28.8. The zero-order valence-corrected chi connectivity index (χ0v) is 21.7. The molecule has 3 atom stereocenters. The quantitative estimate of drug-likeness (QED) is 0.522. The van der Waals surface area contributed by atoms with Gasteiger partial charge in [0, 0.05) is 56.3 Å². The van der Waals surface area contributed by atoms with E-state index in [2.05, 4.69) is 0 Å². The summed E-state index contributed by atoms with van der Waals surface area (Å²) in [5, 5.41) is 23.0. The molecule has 1 aromatic heterocycles. The second kappa shape index (κ2) is 9.27. The molecular weight excluding hydrogens is 499 g/mol. The van der Waals surface area contributed by atoms with Gasteiger partial charge in [-0.25, -0.2) is 0 Å². The second-order valence-electron chi connectivity index (χ2n) is 11.8. The number of aliphatic hydroxyl groups excluding tert-OH is 2. The van der Waals surface area contributed by atoms with Gasteiger partial charge in [-0.3, -0.25) is 4.98 Å². The molecule has 9 heteroatoms. The van der Waals surface area contributed by atoms with Crippen molar-refractivity contribution >= 4 is 0 Å². The summed E-state index contributed by atoms with van der Waals surface area (Å²) in [6.45, 7) is 5.95. The molecule has 0 radical (unpaired) electrons. The molecule has 1 spiro atoms. The Hall–Kier alpha value is -2.04. The van der Waals surface area contributed by atoms with E-state index in [4.69, 9.17) is 19.2 Å². The number of hydrogen-bond donors (Lipinski definition) is 2. The number of benzene rings is 1. The van der Waals surface area contributed by atoms with E-state index in [0.717, 1.165) is 41.8 Å². The van der Waals surface area contributed by atoms with Crippen LogP contribution in [-0.2, 0) is 26.0 Å². The van der Waals surface area contributed by atoms with Crippen molar-refractivity contribution in [2.75, 3.05) is 26.4 Å². The Kier molecular flexibility index (Phi) is 6.39. The van der Waals surface area contributed by atoms with E-state index in [1.54, 1.807) is 0 Å². The third-order valence-electron chi connectivity index (χ3n) is 8.89. The first kappa shape index (κ1) is 26.2. The lowest BCUT2D eigenvalue weighted by atomic mass is 9.68. The van der Waals surface area contributed by atoms with Gasteiger partial charge >= 0.3 is 6.18 Å². The van der Waals surface area contributed by atoms with Crippen LogP contribution in [0.3, 0.4) is 0 Å². The minimum Gasteiger partial charge on any atom is -0.388 e. The van der Waals surface area contributed by atoms with Crippen LogP contribution in [0.4, 0.5) is 13.2 Å². The Bertz CT molecular complexity index is 1200. The van der Waals surface area contributed by atoms with Crippen molar-refractivity contribution in [3.05, 3.63) is 63.5 Å². The molecule has 3 unspecified atom stereocenters. The number of aromatic nitrogens is 1. The fourth-order valence-electron chi connectivity index (χ4n) is 6.81. The fraction of sp³-hybridized carbons (Fsp3) is 0.621. The van der Waals surface area contributed by atoms with Gasteiger partial charge in [0.15, 0.2) is 0 Å². The van der Waals surface area contributed by atoms with Gasteiger partial charge in [-0.1, -0.05) is 26.0 Å². The number of hydrogen-bond acceptors (Lipinski definition) is 6. The van der Waals surface area contributed by atoms with E-state index in [9.17, 15) is 23.4 Å². The van der Waals surface area contributed by atoms with Gasteiger partial charge in [0.05, 0.1) is 28.7 Å². The molecule has 206 valence electrons. The van der Waals surface area contributed by atoms with Crippen LogP contribution in [0.5, 0.6) is 0 Å². The number of aliphatic hydroxyl groups is 2. The molecule has 2 fully saturated rings. The number of alkyl halides is 3. The summed E-state index contributed by atoms with van der Waals surface area (Å²) < 4.78 is 58.2. The largest absolute Gasteiger partial charge is 0.416 e. The number of pyridine rings is 1. The second-order valence-corrected chi connectivity index (χ2v) is 11.8. The van der Waals surface area contributed by atoms with Crippen LogP contribution in [0.1, 0.15) is 109 Å². The summed E-state index contributed by atoms with van der Waals surface area (Å²) in [6.07, 6.45) is -3.83. The maximum Gasteiger partial charge on any atom is 0.416 e. The molecule has 0 saturated carbocycles. The van der Waals surface area contributed by atoms with Gasteiger partial charge in [0.2, 0.25) is 0 Å². The van der Waals surface area contributed by atoms with Crippen molar-refractivity contribution in [3.63, 3.8) is 0 Å². The molecule has 1 aromatic carbocycles. The van der Waals surface area contributed by atoms with Crippen LogP contribution >= 0.6 is 0 Å². The monoisotopic (exact) mass is 533 g/mol. The van der Waals surface area contributed by atoms with Crippen molar-refractivity contribution in [1.82, 2.24) is 4.98 Å². The summed E-state index contributed by atoms with van der Waals surface area (Å²) in [5.74, 6) is 0.0488. The highest BCUT2D eigenvalue weighted by molar-refractivity contribution is 5.55. The lowest BCUT2D eigenvalue weighted by molar-refractivity contribution is -0.137. The Morgan fingerprint density at radius 1 is 0.895 bits per heavy atom. The molecule has 6 nitrogen and oxygen atoms in total. The third-order valence-corrected chi connectivity index (χ3v) is 8.89. The molecule has 6 rings (SSSR count). The molecule has 38 heavy (non-hydrogen) atoms. The molecule has 4 aliphatic rings. The molecule has 2 aromatic rings. The Morgan fingerprint density at radius 2 is 1.53 bits per heavy atom. The summed E-state index contributed by atoms with van der Waals surface area (Å²) in [6, 6.07) is 5.15. The van der Waals surface area contributed by atoms with E-state index >= 15 is 0 Å². The van der Waals surface area contributed by atoms with Crippen LogP contribution < -0.4 is 0 Å². The molecule has 3 aliphatic heterocycles. The molecule has 1 aliphatic carbocycles. The topological polar surface area (TPSA) is 81.0 Å². The Labute approximate surface area is 220 Å². The standard InChI is InChI=1S/C29H34F3NO5/c1-27(2)15-19(34)20-22-21(23(33-24(20)26(27)35)16-7-11-36-12-8-16)25(38-28(22)9-13-37-14-10-28)17-3-5-18(6-4-17)29(30,31)32/h3-6,16,19,25-26,34-35H,7-15H2,1-2H3. The van der Waals surface area contributed by atoms with Gasteiger partial charge in [-0.05, 0) is 47.9 Å². The zero-order valence-electron chi connectivity index (χ0n) is 21.7. The maximum absolute atomic E-state index is 13.3. The zero-order chi connectivity index (χ0) is 26.9. The first-order chi connectivity index (χ1) is 18.0. The van der Waals surface area contributed by atoms with Crippen LogP contribution in [0.25, 0.3) is 0 Å². The van der Waals surface area contributed by atoms with Gasteiger partial charge in [0.25, 0.3) is 0 Å². The number of rotatable bonds is 2. The van der Waals surface area contributed by atoms with E-state index in [-0.39, 0.29) is 5.92 Å². The Balaban J connectivity index is 1.60. The summed E-state index contributed by atoms with van der Waals surface area (Å²) in [4.78, 5) is 5.09. The van der Waals surface area contributed by atoms with E-state index in [1.807, 2.05) is 13.8 Å². The molecule has 2 N–H and O–H groups in total. The maximum atomic E-state index is 13.3. The fourth-order valence-corrected chi connectivity index (χ4v) is 6.81. The van der Waals surface area contributed by atoms with Crippen molar-refractivity contribution in [1.29, 1.82) is 0 Å². The SMILES string of the molecule is CC1(C)CC(O)c2c(nc(C3CCOCC3)c3c2C2(CCOCC2)OC3c2ccc(C(F)(F)F)cc2)C1O. The lowest BCUT2D eigenvalue weighted by Crippen LogP contribution is -2.38. The highest BCUT2D eigenvalue weighted by atomic mass is 19.4. The Morgan fingerprint density at radius 3 is 2.16 bits per heavy atom. The van der Waals surface area contributed by atoms with Crippen molar-refractivity contribution < 1.29 is 37.6 Å². The average molecular weight is 534 g/mol. The number of nitrogens with zero attached hydrogens (tertiary/aromatic N) is 1. The average Bonchev–Trinajstić information content (AvgIpc) is 3.21. The van der Waals surface area contributed by atoms with Gasteiger partial charge in [-0.15, -0.1) is 0 Å². The summed E-state index contributed by atoms with van der Waals surface area (Å²) >= 11 is 0. The van der Waals surface area contributed by atoms with Crippen LogP contribution in [-0.4, -0.2) is 41.6 Å². The lowest BCUT2D eigenvalue weighted by Gasteiger charge is -2.42. The predicted octanol–water partition coefficient (Wildman–Crippen LogP) is 5.62. The number of halogens is 3. The summed E-state index contributed by atoms with van der Waals surface area (Å²) in [5.41, 5.74) is 2.17. The predicted molar refractivity (Wildman–Crippen MR) is 131 cm³/mol. The minimum absolute atomic E-state index is 0.0488. The number of ether oxygens (including phenoxy) is 3. The van der Waals surface area contributed by atoms with Crippen LogP contribution in [0.15, 0.2) is 24.3 Å². The molecule has 2 saturated heterocycles. The van der Waals surface area contributed by atoms with Crippen molar-refractivity contribution in [2.45, 2.75) is 82.0 Å². The molecule has 4 heterocycles. The van der Waals surface area contributed by atoms with E-state index in [1.165, 1.54) is 12.1 Å². The summed E-state index contributed by atoms with van der Waals surface area (Å²) in [7, 11) is 0. The molecule has 0 amide bonds. The smallest absolute Gasteiger partial charge is 0.388 e. The van der Waals surface area contributed by atoms with E-state index in [0.29, 0.717) is 62.5 Å². The highest BCUT2D eigenvalue weighted by Gasteiger charge is 2.54.